The van der Waals surface area contributed by atoms with Crippen LogP contribution in [0.25, 0.3) is 11.0 Å². The van der Waals surface area contributed by atoms with Gasteiger partial charge in [-0.15, -0.1) is 0 Å². The Morgan fingerprint density at radius 2 is 1.94 bits per heavy atom. The first-order valence-electron chi connectivity index (χ1n) is 9.79. The van der Waals surface area contributed by atoms with Crippen LogP contribution in [0.2, 0.25) is 5.02 Å². The van der Waals surface area contributed by atoms with Gasteiger partial charge >= 0.3 is 0 Å². The van der Waals surface area contributed by atoms with E-state index in [1.807, 2.05) is 30.3 Å². The van der Waals surface area contributed by atoms with E-state index in [1.54, 1.807) is 18.3 Å². The largest absolute Gasteiger partial charge is 0.314 e. The highest BCUT2D eigenvalue weighted by Crippen LogP contribution is 2.25. The van der Waals surface area contributed by atoms with Gasteiger partial charge in [-0.2, -0.15) is 5.10 Å². The van der Waals surface area contributed by atoms with Crippen LogP contribution in [-0.4, -0.2) is 27.4 Å². The lowest BCUT2D eigenvalue weighted by molar-refractivity contribution is -0.118. The molecule has 0 spiro atoms. The van der Waals surface area contributed by atoms with Crippen LogP contribution in [-0.2, 0) is 11.3 Å². The molecule has 0 bridgehead atoms. The zero-order valence-electron chi connectivity index (χ0n) is 17.0. The second-order valence-electron chi connectivity index (χ2n) is 7.09. The number of imidazole rings is 1. The summed E-state index contributed by atoms with van der Waals surface area (Å²) in [5.74, 6) is 0.0154. The summed E-state index contributed by atoms with van der Waals surface area (Å²) >= 11 is 7.35. The molecule has 0 saturated heterocycles. The first-order valence-corrected chi connectivity index (χ1v) is 11.2. The average Bonchev–Trinajstić information content (AvgIpc) is 3.11. The number of hydrogen-bond donors (Lipinski definition) is 1. The molecule has 0 atom stereocenters. The molecule has 0 aliphatic rings. The second-order valence-corrected chi connectivity index (χ2v) is 8.47. The number of fused-ring (bicyclic) bond motifs is 1. The average molecular weight is 449 g/mol. The number of aromatic nitrogens is 2. The fraction of sp³-hybridized carbons (Fsp3) is 0.125. The molecular weight excluding hydrogens is 428 g/mol. The van der Waals surface area contributed by atoms with Crippen molar-refractivity contribution in [3.05, 3.63) is 94.5 Å². The van der Waals surface area contributed by atoms with Crippen LogP contribution in [0.1, 0.15) is 16.7 Å². The molecule has 4 aromatic rings. The summed E-state index contributed by atoms with van der Waals surface area (Å²) in [7, 11) is 0. The van der Waals surface area contributed by atoms with Crippen molar-refractivity contribution in [2.45, 2.75) is 18.6 Å². The van der Waals surface area contributed by atoms with Crippen LogP contribution in [0.5, 0.6) is 0 Å². The third-order valence-electron chi connectivity index (χ3n) is 4.66. The van der Waals surface area contributed by atoms with Crippen LogP contribution in [0, 0.1) is 6.92 Å². The van der Waals surface area contributed by atoms with Crippen molar-refractivity contribution in [1.82, 2.24) is 15.0 Å². The Labute approximate surface area is 190 Å². The van der Waals surface area contributed by atoms with Gasteiger partial charge in [-0.3, -0.25) is 4.79 Å². The first kappa shape index (κ1) is 21.2. The number of carbonyl (C=O) groups excluding carboxylic acids is 1. The zero-order valence-corrected chi connectivity index (χ0v) is 18.5. The number of hydrogen-bond acceptors (Lipinski definition) is 4. The molecule has 0 aliphatic heterocycles. The number of halogens is 1. The van der Waals surface area contributed by atoms with Gasteiger partial charge in [0.1, 0.15) is 0 Å². The van der Waals surface area contributed by atoms with Gasteiger partial charge in [0.05, 0.1) is 29.5 Å². The van der Waals surface area contributed by atoms with Crippen molar-refractivity contribution in [3.63, 3.8) is 0 Å². The predicted octanol–water partition coefficient (Wildman–Crippen LogP) is 5.29. The lowest BCUT2D eigenvalue weighted by Crippen LogP contribution is -2.20. The molecule has 0 unspecified atom stereocenters. The van der Waals surface area contributed by atoms with Crippen LogP contribution in [0.3, 0.4) is 0 Å². The molecule has 1 amide bonds. The van der Waals surface area contributed by atoms with E-state index < -0.39 is 0 Å². The summed E-state index contributed by atoms with van der Waals surface area (Å²) < 4.78 is 2.15. The van der Waals surface area contributed by atoms with Gasteiger partial charge in [0.15, 0.2) is 5.16 Å². The molecule has 156 valence electrons. The number of nitrogens with one attached hydrogen (secondary N) is 1. The number of amides is 1. The first-order chi connectivity index (χ1) is 15.1. The molecule has 0 saturated carbocycles. The third-order valence-corrected chi connectivity index (χ3v) is 5.88. The number of hydrazone groups is 1. The van der Waals surface area contributed by atoms with Gasteiger partial charge in [0, 0.05) is 5.02 Å². The highest BCUT2D eigenvalue weighted by Gasteiger charge is 2.13. The molecule has 5 nitrogen and oxygen atoms in total. The minimum Gasteiger partial charge on any atom is -0.314 e. The zero-order chi connectivity index (χ0) is 21.6. The lowest BCUT2D eigenvalue weighted by Gasteiger charge is -2.09. The van der Waals surface area contributed by atoms with E-state index in [0.29, 0.717) is 11.6 Å². The molecule has 0 fully saturated rings. The molecule has 4 rings (SSSR count). The highest BCUT2D eigenvalue weighted by molar-refractivity contribution is 7.99. The Bertz CT molecular complexity index is 1230. The van der Waals surface area contributed by atoms with Crippen LogP contribution in [0.15, 0.2) is 83.1 Å². The van der Waals surface area contributed by atoms with E-state index in [9.17, 15) is 4.79 Å². The molecule has 7 heteroatoms. The summed E-state index contributed by atoms with van der Waals surface area (Å²) in [5.41, 5.74) is 7.75. The van der Waals surface area contributed by atoms with E-state index in [0.717, 1.165) is 21.8 Å². The van der Waals surface area contributed by atoms with Crippen molar-refractivity contribution in [2.75, 3.05) is 5.75 Å². The van der Waals surface area contributed by atoms with Crippen molar-refractivity contribution in [2.24, 2.45) is 5.10 Å². The molecule has 1 N–H and O–H groups in total. The van der Waals surface area contributed by atoms with E-state index in [4.69, 9.17) is 16.6 Å². The standard InChI is InChI=1S/C24H21ClN4OS/c1-17-9-11-18(12-10-17)15-29-22-8-3-2-7-21(22)27-24(29)31-16-23(30)28-26-14-19-5-4-6-20(25)13-19/h2-14H,15-16H2,1H3,(H,28,30)/b26-14+. The van der Waals surface area contributed by atoms with E-state index in [-0.39, 0.29) is 11.7 Å². The van der Waals surface area contributed by atoms with Crippen LogP contribution >= 0.6 is 23.4 Å². The Morgan fingerprint density at radius 1 is 1.13 bits per heavy atom. The molecule has 1 heterocycles. The maximum absolute atomic E-state index is 12.3. The van der Waals surface area contributed by atoms with Crippen LogP contribution < -0.4 is 5.43 Å². The van der Waals surface area contributed by atoms with E-state index >= 15 is 0 Å². The van der Waals surface area contributed by atoms with Crippen molar-refractivity contribution < 1.29 is 4.79 Å². The molecular formula is C24H21ClN4OS. The second kappa shape index (κ2) is 9.81. The van der Waals surface area contributed by atoms with Gasteiger partial charge in [0.25, 0.3) is 5.91 Å². The maximum Gasteiger partial charge on any atom is 0.250 e. The molecule has 0 radical (unpaired) electrons. The van der Waals surface area contributed by atoms with Gasteiger partial charge in [-0.25, -0.2) is 10.4 Å². The molecule has 3 aromatic carbocycles. The molecule has 1 aromatic heterocycles. The third kappa shape index (κ3) is 5.54. The van der Waals surface area contributed by atoms with Gasteiger partial charge in [-0.1, -0.05) is 77.5 Å². The van der Waals surface area contributed by atoms with Gasteiger partial charge in [0.2, 0.25) is 0 Å². The smallest absolute Gasteiger partial charge is 0.250 e. The van der Waals surface area contributed by atoms with Crippen LogP contribution in [0.4, 0.5) is 0 Å². The number of thioether (sulfide) groups is 1. The number of carbonyl (C=O) groups is 1. The lowest BCUT2D eigenvalue weighted by atomic mass is 10.1. The highest BCUT2D eigenvalue weighted by atomic mass is 35.5. The topological polar surface area (TPSA) is 59.3 Å². The fourth-order valence-electron chi connectivity index (χ4n) is 3.12. The quantitative estimate of drug-likeness (QED) is 0.237. The summed E-state index contributed by atoms with van der Waals surface area (Å²) in [6, 6.07) is 23.7. The number of para-hydroxylation sites is 2. The summed E-state index contributed by atoms with van der Waals surface area (Å²) in [4.78, 5) is 17.0. The minimum atomic E-state index is -0.197. The Morgan fingerprint density at radius 3 is 2.74 bits per heavy atom. The SMILES string of the molecule is Cc1ccc(Cn2c(SCC(=O)N/N=C/c3cccc(Cl)c3)nc3ccccc32)cc1. The van der Waals surface area contributed by atoms with Gasteiger partial charge < -0.3 is 4.57 Å². The normalized spacial score (nSPS) is 11.3. The predicted molar refractivity (Wildman–Crippen MR) is 128 cm³/mol. The summed E-state index contributed by atoms with van der Waals surface area (Å²) in [6.45, 7) is 2.77. The number of aryl methyl sites for hydroxylation is 1. The summed E-state index contributed by atoms with van der Waals surface area (Å²) in [5, 5.41) is 5.44. The van der Waals surface area contributed by atoms with Crippen molar-refractivity contribution in [3.8, 4) is 0 Å². The summed E-state index contributed by atoms with van der Waals surface area (Å²) in [6.07, 6.45) is 1.57. The number of nitrogens with zero attached hydrogens (tertiary/aromatic N) is 3. The minimum absolute atomic E-state index is 0.197. The van der Waals surface area contributed by atoms with Crippen molar-refractivity contribution in [1.29, 1.82) is 0 Å². The fourth-order valence-corrected chi connectivity index (χ4v) is 4.13. The monoisotopic (exact) mass is 448 g/mol. The Kier molecular flexibility index (Phi) is 6.70. The number of rotatable bonds is 7. The van der Waals surface area contributed by atoms with Gasteiger partial charge in [-0.05, 0) is 42.3 Å². The maximum atomic E-state index is 12.3. The Hall–Kier alpha value is -3.09. The Balaban J connectivity index is 1.45. The molecule has 31 heavy (non-hydrogen) atoms. The molecule has 0 aliphatic carbocycles. The number of benzene rings is 3. The van der Waals surface area contributed by atoms with E-state index in [2.05, 4.69) is 52.3 Å². The van der Waals surface area contributed by atoms with Crippen molar-refractivity contribution >= 4 is 46.5 Å². The van der Waals surface area contributed by atoms with E-state index in [1.165, 1.54) is 22.9 Å².